The molecule has 106 valence electrons. The molecule has 1 heterocycles. The molecule has 0 aliphatic carbocycles. The van der Waals surface area contributed by atoms with E-state index in [2.05, 4.69) is 10.2 Å². The van der Waals surface area contributed by atoms with Crippen LogP contribution in [0.3, 0.4) is 0 Å². The lowest BCUT2D eigenvalue weighted by Gasteiger charge is -2.33. The largest absolute Gasteiger partial charge is 0.446 e. The molecule has 1 aliphatic heterocycles. The molecule has 0 amide bonds. The SMILES string of the molecule is C[C@@H](c1ccccc1SC(F)(F)F)N1CCNCC1. The lowest BCUT2D eigenvalue weighted by Crippen LogP contribution is -2.44. The van der Waals surface area contributed by atoms with E-state index in [4.69, 9.17) is 0 Å². The predicted molar refractivity (Wildman–Crippen MR) is 71.2 cm³/mol. The molecule has 1 fully saturated rings. The molecule has 0 bridgehead atoms. The highest BCUT2D eigenvalue weighted by molar-refractivity contribution is 8.00. The Morgan fingerprint density at radius 2 is 1.84 bits per heavy atom. The number of nitrogens with one attached hydrogen (secondary N) is 1. The molecule has 2 nitrogen and oxygen atoms in total. The molecule has 1 N–H and O–H groups in total. The van der Waals surface area contributed by atoms with E-state index in [0.29, 0.717) is 4.90 Å². The van der Waals surface area contributed by atoms with E-state index in [9.17, 15) is 13.2 Å². The fourth-order valence-electron chi connectivity index (χ4n) is 2.31. The van der Waals surface area contributed by atoms with E-state index in [0.717, 1.165) is 31.7 Å². The van der Waals surface area contributed by atoms with E-state index in [1.807, 2.05) is 6.92 Å². The number of hydrogen-bond donors (Lipinski definition) is 1. The van der Waals surface area contributed by atoms with E-state index < -0.39 is 5.51 Å². The average molecular weight is 290 g/mol. The van der Waals surface area contributed by atoms with Gasteiger partial charge in [-0.2, -0.15) is 13.2 Å². The lowest BCUT2D eigenvalue weighted by molar-refractivity contribution is -0.0328. The van der Waals surface area contributed by atoms with Gasteiger partial charge in [-0.25, -0.2) is 0 Å². The highest BCUT2D eigenvalue weighted by Gasteiger charge is 2.31. The number of nitrogens with zero attached hydrogens (tertiary/aromatic N) is 1. The number of hydrogen-bond acceptors (Lipinski definition) is 3. The summed E-state index contributed by atoms with van der Waals surface area (Å²) in [7, 11) is 0. The van der Waals surface area contributed by atoms with Crippen LogP contribution in [0.1, 0.15) is 18.5 Å². The Kier molecular flexibility index (Phi) is 4.76. The molecule has 1 atom stereocenters. The fraction of sp³-hybridized carbons (Fsp3) is 0.538. The normalized spacial score (nSPS) is 19.4. The fourth-order valence-corrected chi connectivity index (χ4v) is 3.06. The first-order chi connectivity index (χ1) is 8.97. The zero-order valence-electron chi connectivity index (χ0n) is 10.7. The Morgan fingerprint density at radius 1 is 1.21 bits per heavy atom. The van der Waals surface area contributed by atoms with Crippen molar-refractivity contribution >= 4 is 11.8 Å². The van der Waals surface area contributed by atoms with Crippen LogP contribution in [0.25, 0.3) is 0 Å². The third-order valence-electron chi connectivity index (χ3n) is 3.29. The quantitative estimate of drug-likeness (QED) is 0.860. The maximum Gasteiger partial charge on any atom is 0.446 e. The molecule has 0 unspecified atom stereocenters. The maximum absolute atomic E-state index is 12.6. The van der Waals surface area contributed by atoms with Crippen LogP contribution in [0.2, 0.25) is 0 Å². The summed E-state index contributed by atoms with van der Waals surface area (Å²) in [5, 5.41) is 3.25. The molecule has 1 aromatic carbocycles. The highest BCUT2D eigenvalue weighted by atomic mass is 32.2. The van der Waals surface area contributed by atoms with Gasteiger partial charge < -0.3 is 5.32 Å². The molecule has 0 radical (unpaired) electrons. The van der Waals surface area contributed by atoms with Crippen LogP contribution in [0.5, 0.6) is 0 Å². The van der Waals surface area contributed by atoms with E-state index in [1.165, 1.54) is 0 Å². The predicted octanol–water partition coefficient (Wildman–Crippen LogP) is 3.26. The summed E-state index contributed by atoms with van der Waals surface area (Å²) in [4.78, 5) is 2.52. The summed E-state index contributed by atoms with van der Waals surface area (Å²) in [5.41, 5.74) is -3.48. The van der Waals surface area contributed by atoms with Crippen molar-refractivity contribution in [3.8, 4) is 0 Å². The summed E-state index contributed by atoms with van der Waals surface area (Å²) >= 11 is -0.0226. The third kappa shape index (κ3) is 4.12. The first-order valence-corrected chi connectivity index (χ1v) is 7.08. The van der Waals surface area contributed by atoms with Gasteiger partial charge in [-0.05, 0) is 30.3 Å². The highest BCUT2D eigenvalue weighted by Crippen LogP contribution is 2.40. The Morgan fingerprint density at radius 3 is 2.47 bits per heavy atom. The smallest absolute Gasteiger partial charge is 0.314 e. The van der Waals surface area contributed by atoms with Crippen molar-refractivity contribution in [3.05, 3.63) is 29.8 Å². The molecule has 0 spiro atoms. The molecule has 19 heavy (non-hydrogen) atoms. The molecular formula is C13H17F3N2S. The van der Waals surface area contributed by atoms with Crippen LogP contribution >= 0.6 is 11.8 Å². The summed E-state index contributed by atoms with van der Waals surface area (Å²) in [5.74, 6) is 0. The number of rotatable bonds is 3. The Labute approximate surface area is 115 Å². The minimum absolute atomic E-state index is 0.00755. The Balaban J connectivity index is 2.18. The van der Waals surface area contributed by atoms with Crippen molar-refractivity contribution in [1.82, 2.24) is 10.2 Å². The van der Waals surface area contributed by atoms with Crippen molar-refractivity contribution in [2.45, 2.75) is 23.4 Å². The molecule has 0 saturated carbocycles. The van der Waals surface area contributed by atoms with Gasteiger partial charge in [0.1, 0.15) is 0 Å². The molecule has 6 heteroatoms. The van der Waals surface area contributed by atoms with Crippen molar-refractivity contribution in [2.24, 2.45) is 0 Å². The van der Waals surface area contributed by atoms with Gasteiger partial charge in [0.05, 0.1) is 0 Å². The van der Waals surface area contributed by atoms with Crippen molar-refractivity contribution in [1.29, 1.82) is 0 Å². The van der Waals surface area contributed by atoms with Crippen LogP contribution in [0.15, 0.2) is 29.2 Å². The van der Waals surface area contributed by atoms with Crippen molar-refractivity contribution in [3.63, 3.8) is 0 Å². The monoisotopic (exact) mass is 290 g/mol. The van der Waals surface area contributed by atoms with Crippen LogP contribution in [0.4, 0.5) is 13.2 Å². The van der Waals surface area contributed by atoms with Crippen molar-refractivity contribution < 1.29 is 13.2 Å². The molecule has 1 saturated heterocycles. The van der Waals surface area contributed by atoms with Gasteiger partial charge in [0.2, 0.25) is 0 Å². The van der Waals surface area contributed by atoms with Crippen molar-refractivity contribution in [2.75, 3.05) is 26.2 Å². The molecule has 2 rings (SSSR count). The molecule has 1 aliphatic rings. The number of thioether (sulfide) groups is 1. The first kappa shape index (κ1) is 14.7. The summed E-state index contributed by atoms with van der Waals surface area (Å²) in [6, 6.07) is 6.80. The van der Waals surface area contributed by atoms with Gasteiger partial charge >= 0.3 is 5.51 Å². The minimum atomic E-state index is -4.24. The molecule has 0 aromatic heterocycles. The van der Waals surface area contributed by atoms with E-state index in [1.54, 1.807) is 24.3 Å². The van der Waals surface area contributed by atoms with Gasteiger partial charge in [0.25, 0.3) is 0 Å². The zero-order valence-corrected chi connectivity index (χ0v) is 11.5. The standard InChI is InChI=1S/C13H17F3N2S/c1-10(18-8-6-17-7-9-18)11-4-2-3-5-12(11)19-13(14,15)16/h2-5,10,17H,6-9H2,1H3/t10-/m0/s1. The minimum Gasteiger partial charge on any atom is -0.314 e. The van der Waals surface area contributed by atoms with Gasteiger partial charge in [-0.15, -0.1) is 0 Å². The summed E-state index contributed by atoms with van der Waals surface area (Å²) in [6.45, 7) is 5.48. The second-order valence-electron chi connectivity index (χ2n) is 4.55. The van der Waals surface area contributed by atoms with Gasteiger partial charge in [0, 0.05) is 37.1 Å². The second kappa shape index (κ2) is 6.15. The van der Waals surface area contributed by atoms with Crippen LogP contribution in [-0.4, -0.2) is 36.6 Å². The third-order valence-corrected chi connectivity index (χ3v) is 4.12. The topological polar surface area (TPSA) is 15.3 Å². The lowest BCUT2D eigenvalue weighted by atomic mass is 10.1. The molecular weight excluding hydrogens is 273 g/mol. The zero-order chi connectivity index (χ0) is 13.9. The van der Waals surface area contributed by atoms with E-state index in [-0.39, 0.29) is 17.8 Å². The van der Waals surface area contributed by atoms with Gasteiger partial charge in [-0.3, -0.25) is 4.90 Å². The number of benzene rings is 1. The first-order valence-electron chi connectivity index (χ1n) is 6.27. The van der Waals surface area contributed by atoms with Gasteiger partial charge in [0.15, 0.2) is 0 Å². The van der Waals surface area contributed by atoms with Crippen LogP contribution in [-0.2, 0) is 0 Å². The summed E-state index contributed by atoms with van der Waals surface area (Å²) < 4.78 is 37.7. The average Bonchev–Trinajstić information content (AvgIpc) is 2.38. The summed E-state index contributed by atoms with van der Waals surface area (Å²) in [6.07, 6.45) is 0. The van der Waals surface area contributed by atoms with Crippen LogP contribution < -0.4 is 5.32 Å². The van der Waals surface area contributed by atoms with Crippen LogP contribution in [0, 0.1) is 0 Å². The number of halogens is 3. The number of piperazine rings is 1. The second-order valence-corrected chi connectivity index (χ2v) is 5.65. The maximum atomic E-state index is 12.6. The number of alkyl halides is 3. The Bertz CT molecular complexity index is 417. The van der Waals surface area contributed by atoms with E-state index >= 15 is 0 Å². The van der Waals surface area contributed by atoms with Gasteiger partial charge in [-0.1, -0.05) is 18.2 Å². The molecule has 1 aromatic rings. The Hall–Kier alpha value is -0.720.